The monoisotopic (exact) mass is 280 g/mol. The Morgan fingerprint density at radius 2 is 2.31 bits per heavy atom. The van der Waals surface area contributed by atoms with Crippen LogP contribution in [0.4, 0.5) is 0 Å². The third-order valence-electron chi connectivity index (χ3n) is 3.42. The van der Waals surface area contributed by atoms with E-state index in [1.807, 2.05) is 0 Å². The zero-order chi connectivity index (χ0) is 11.2. The molecule has 0 saturated carbocycles. The highest BCUT2D eigenvalue weighted by atomic mass is 79.9. The normalized spacial score (nSPS) is 27.4. The van der Waals surface area contributed by atoms with Gasteiger partial charge in [-0.1, -0.05) is 28.1 Å². The minimum atomic E-state index is -0.110. The zero-order valence-corrected chi connectivity index (χ0v) is 10.5. The molecule has 2 aliphatic rings. The van der Waals surface area contributed by atoms with Gasteiger partial charge in [-0.05, 0) is 30.0 Å². The van der Waals surface area contributed by atoms with Crippen molar-refractivity contribution in [2.45, 2.75) is 24.8 Å². The molecule has 0 radical (unpaired) electrons. The number of hydrogen-bond donors (Lipinski definition) is 1. The number of fused-ring (bicyclic) bond motifs is 1. The molecule has 84 valence electrons. The van der Waals surface area contributed by atoms with Crippen molar-refractivity contribution in [3.63, 3.8) is 0 Å². The summed E-state index contributed by atoms with van der Waals surface area (Å²) in [5, 5.41) is 0. The quantitative estimate of drug-likeness (QED) is 0.791. The maximum Gasteiger partial charge on any atom is 0.282 e. The minimum absolute atomic E-state index is 0.110. The number of ether oxygens (including phenoxy) is 1. The average Bonchev–Trinajstić information content (AvgIpc) is 2.62. The lowest BCUT2D eigenvalue weighted by Crippen LogP contribution is -2.35. The Morgan fingerprint density at radius 1 is 1.44 bits per heavy atom. The molecule has 3 nitrogen and oxygen atoms in total. The van der Waals surface area contributed by atoms with Crippen molar-refractivity contribution < 1.29 is 4.74 Å². The largest absolute Gasteiger partial charge is 0.463 e. The van der Waals surface area contributed by atoms with Crippen molar-refractivity contribution >= 4 is 22.0 Å². The van der Waals surface area contributed by atoms with Crippen LogP contribution in [0.1, 0.15) is 17.5 Å². The minimum Gasteiger partial charge on any atom is -0.463 e. The molecule has 1 atom stereocenters. The first-order valence-electron chi connectivity index (χ1n) is 5.43. The predicted molar refractivity (Wildman–Crippen MR) is 66.5 cm³/mol. The molecular formula is C12H13BrN2O. The molecule has 1 heterocycles. The molecule has 0 bridgehead atoms. The Labute approximate surface area is 103 Å². The van der Waals surface area contributed by atoms with Crippen LogP contribution in [0.3, 0.4) is 0 Å². The van der Waals surface area contributed by atoms with Crippen molar-refractivity contribution in [2.24, 2.45) is 10.7 Å². The van der Waals surface area contributed by atoms with E-state index in [4.69, 9.17) is 10.5 Å². The van der Waals surface area contributed by atoms with Gasteiger partial charge in [0.2, 0.25) is 0 Å². The summed E-state index contributed by atoms with van der Waals surface area (Å²) in [6, 6.07) is 6.70. The van der Waals surface area contributed by atoms with Crippen LogP contribution in [0.5, 0.6) is 0 Å². The summed E-state index contributed by atoms with van der Waals surface area (Å²) in [7, 11) is 0. The number of aryl methyl sites for hydroxylation is 1. The van der Waals surface area contributed by atoms with Gasteiger partial charge in [0.05, 0.1) is 0 Å². The molecule has 16 heavy (non-hydrogen) atoms. The molecule has 3 rings (SSSR count). The Kier molecular flexibility index (Phi) is 2.21. The molecule has 1 spiro atoms. The van der Waals surface area contributed by atoms with Gasteiger partial charge in [0, 0.05) is 10.9 Å². The fourth-order valence-corrected chi connectivity index (χ4v) is 3.09. The van der Waals surface area contributed by atoms with E-state index >= 15 is 0 Å². The molecule has 0 fully saturated rings. The molecule has 1 aromatic rings. The number of amidine groups is 1. The highest BCUT2D eigenvalue weighted by Gasteiger charge is 2.39. The van der Waals surface area contributed by atoms with Gasteiger partial charge in [-0.3, -0.25) is 0 Å². The highest BCUT2D eigenvalue weighted by Crippen LogP contribution is 2.37. The lowest BCUT2D eigenvalue weighted by atomic mass is 9.79. The molecule has 0 aromatic heterocycles. The Hall–Kier alpha value is -1.03. The van der Waals surface area contributed by atoms with E-state index in [0.29, 0.717) is 12.6 Å². The van der Waals surface area contributed by atoms with Gasteiger partial charge in [0.15, 0.2) is 0 Å². The fraction of sp³-hybridized carbons (Fsp3) is 0.417. The number of halogens is 1. The lowest BCUT2D eigenvalue weighted by Gasteiger charge is -2.30. The summed E-state index contributed by atoms with van der Waals surface area (Å²) in [6.45, 7) is 0.625. The van der Waals surface area contributed by atoms with Crippen molar-refractivity contribution in [2.75, 3.05) is 6.61 Å². The first-order chi connectivity index (χ1) is 7.69. The number of rotatable bonds is 0. The molecule has 2 N–H and O–H groups in total. The SMILES string of the molecule is NC1=NC2(CCc3cccc(Br)c3C2)CO1. The maximum absolute atomic E-state index is 5.61. The molecule has 4 heteroatoms. The van der Waals surface area contributed by atoms with Crippen LogP contribution in [0, 0.1) is 0 Å². The van der Waals surface area contributed by atoms with Crippen molar-refractivity contribution in [1.29, 1.82) is 0 Å². The topological polar surface area (TPSA) is 47.6 Å². The highest BCUT2D eigenvalue weighted by molar-refractivity contribution is 9.10. The molecule has 0 amide bonds. The fourth-order valence-electron chi connectivity index (χ4n) is 2.55. The van der Waals surface area contributed by atoms with Gasteiger partial charge in [-0.25, -0.2) is 4.99 Å². The summed E-state index contributed by atoms with van der Waals surface area (Å²) in [6.07, 6.45) is 3.00. The predicted octanol–water partition coefficient (Wildman–Crippen LogP) is 2.02. The first kappa shape index (κ1) is 10.1. The van der Waals surface area contributed by atoms with Gasteiger partial charge in [-0.15, -0.1) is 0 Å². The van der Waals surface area contributed by atoms with Crippen LogP contribution in [0.15, 0.2) is 27.7 Å². The second-order valence-corrected chi connectivity index (χ2v) is 5.37. The van der Waals surface area contributed by atoms with E-state index in [1.165, 1.54) is 15.6 Å². The van der Waals surface area contributed by atoms with Gasteiger partial charge in [0.25, 0.3) is 6.02 Å². The molecule has 1 aliphatic heterocycles. The van der Waals surface area contributed by atoms with Gasteiger partial charge in [-0.2, -0.15) is 0 Å². The molecule has 1 aliphatic carbocycles. The standard InChI is InChI=1S/C12H13BrN2O/c13-10-3-1-2-8-4-5-12(6-9(8)10)7-16-11(14)15-12/h1-3H,4-7H2,(H2,14,15). The summed E-state index contributed by atoms with van der Waals surface area (Å²) in [5.74, 6) is 0. The van der Waals surface area contributed by atoms with Crippen LogP contribution in [-0.4, -0.2) is 18.2 Å². The first-order valence-corrected chi connectivity index (χ1v) is 6.22. The molecule has 0 saturated heterocycles. The second-order valence-electron chi connectivity index (χ2n) is 4.52. The van der Waals surface area contributed by atoms with Crippen LogP contribution >= 0.6 is 15.9 Å². The van der Waals surface area contributed by atoms with E-state index in [1.54, 1.807) is 0 Å². The maximum atomic E-state index is 5.61. The van der Waals surface area contributed by atoms with E-state index in [2.05, 4.69) is 39.1 Å². The smallest absolute Gasteiger partial charge is 0.282 e. The summed E-state index contributed by atoms with van der Waals surface area (Å²) >= 11 is 3.61. The number of nitrogens with two attached hydrogens (primary N) is 1. The molecule has 1 unspecified atom stereocenters. The van der Waals surface area contributed by atoms with Gasteiger partial charge < -0.3 is 10.5 Å². The number of benzene rings is 1. The van der Waals surface area contributed by atoms with Crippen molar-refractivity contribution in [3.05, 3.63) is 33.8 Å². The third-order valence-corrected chi connectivity index (χ3v) is 4.16. The van der Waals surface area contributed by atoms with E-state index in [0.717, 1.165) is 19.3 Å². The van der Waals surface area contributed by atoms with E-state index < -0.39 is 0 Å². The summed E-state index contributed by atoms with van der Waals surface area (Å²) in [4.78, 5) is 4.47. The van der Waals surface area contributed by atoms with Crippen molar-refractivity contribution in [1.82, 2.24) is 0 Å². The molecular weight excluding hydrogens is 268 g/mol. The van der Waals surface area contributed by atoms with Gasteiger partial charge >= 0.3 is 0 Å². The average molecular weight is 281 g/mol. The Morgan fingerprint density at radius 3 is 3.06 bits per heavy atom. The zero-order valence-electron chi connectivity index (χ0n) is 8.87. The van der Waals surface area contributed by atoms with Crippen LogP contribution in [0.2, 0.25) is 0 Å². The van der Waals surface area contributed by atoms with Crippen molar-refractivity contribution in [3.8, 4) is 0 Å². The Bertz CT molecular complexity index is 472. The Balaban J connectivity index is 2.00. The molecule has 1 aromatic carbocycles. The number of aliphatic imine (C=N–C) groups is 1. The number of nitrogens with zero attached hydrogens (tertiary/aromatic N) is 1. The second kappa shape index (κ2) is 3.48. The number of hydrogen-bond acceptors (Lipinski definition) is 3. The van der Waals surface area contributed by atoms with Crippen LogP contribution in [0.25, 0.3) is 0 Å². The van der Waals surface area contributed by atoms with Crippen LogP contribution in [-0.2, 0) is 17.6 Å². The lowest BCUT2D eigenvalue weighted by molar-refractivity contribution is 0.234. The third kappa shape index (κ3) is 1.52. The van der Waals surface area contributed by atoms with Gasteiger partial charge in [0.1, 0.15) is 12.1 Å². The summed E-state index contributed by atoms with van der Waals surface area (Å²) in [5.41, 5.74) is 8.28. The van der Waals surface area contributed by atoms with E-state index in [-0.39, 0.29) is 5.54 Å². The summed E-state index contributed by atoms with van der Waals surface area (Å²) < 4.78 is 6.48. The van der Waals surface area contributed by atoms with E-state index in [9.17, 15) is 0 Å². The van der Waals surface area contributed by atoms with Crippen LogP contribution < -0.4 is 5.73 Å².